The van der Waals surface area contributed by atoms with E-state index in [1.165, 1.54) is 0 Å². The molecule has 1 N–H and O–H groups in total. The van der Waals surface area contributed by atoms with Crippen LogP contribution in [-0.2, 0) is 19.1 Å². The molecule has 1 spiro atoms. The van der Waals surface area contributed by atoms with Crippen LogP contribution < -0.4 is 0 Å². The highest BCUT2D eigenvalue weighted by atomic mass is 32.2. The van der Waals surface area contributed by atoms with E-state index in [1.807, 2.05) is 27.7 Å². The summed E-state index contributed by atoms with van der Waals surface area (Å²) < 4.78 is 4.68. The van der Waals surface area contributed by atoms with E-state index in [9.17, 15) is 19.5 Å². The van der Waals surface area contributed by atoms with Crippen LogP contribution in [0, 0.1) is 17.8 Å². The number of hydrogen-bond donors (Lipinski definition) is 1. The molecule has 3 fully saturated rings. The first-order valence-electron chi connectivity index (χ1n) is 11.3. The van der Waals surface area contributed by atoms with Crippen molar-refractivity contribution in [2.45, 2.75) is 75.6 Å². The van der Waals surface area contributed by atoms with Gasteiger partial charge in [-0.15, -0.1) is 18.3 Å². The predicted molar refractivity (Wildman–Crippen MR) is 120 cm³/mol. The van der Waals surface area contributed by atoms with Crippen LogP contribution in [0.15, 0.2) is 12.7 Å². The lowest BCUT2D eigenvalue weighted by molar-refractivity contribution is -0.154. The first kappa shape index (κ1) is 24.1. The first-order chi connectivity index (χ1) is 14.7. The Morgan fingerprint density at radius 2 is 2.06 bits per heavy atom. The lowest BCUT2D eigenvalue weighted by Crippen LogP contribution is -2.59. The van der Waals surface area contributed by atoms with E-state index in [4.69, 9.17) is 4.74 Å². The van der Waals surface area contributed by atoms with Crippen LogP contribution in [0.5, 0.6) is 0 Å². The Balaban J connectivity index is 2.11. The third kappa shape index (κ3) is 3.69. The summed E-state index contributed by atoms with van der Waals surface area (Å²) in [5.41, 5.74) is 0. The second-order valence-corrected chi connectivity index (χ2v) is 11.0. The van der Waals surface area contributed by atoms with Crippen molar-refractivity contribution in [2.24, 2.45) is 17.8 Å². The molecule has 7 nitrogen and oxygen atoms in total. The molecule has 0 aromatic rings. The first-order valence-corrected chi connectivity index (χ1v) is 12.2. The van der Waals surface area contributed by atoms with Gasteiger partial charge in [-0.3, -0.25) is 14.4 Å². The molecule has 0 aliphatic carbocycles. The van der Waals surface area contributed by atoms with E-state index >= 15 is 0 Å². The summed E-state index contributed by atoms with van der Waals surface area (Å²) in [5, 5.41) is 10.2. The molecular formula is C23H36N2O5S. The summed E-state index contributed by atoms with van der Waals surface area (Å²) in [6.45, 7) is 13.8. The Labute approximate surface area is 189 Å². The van der Waals surface area contributed by atoms with Gasteiger partial charge in [-0.2, -0.15) is 0 Å². The molecule has 0 aromatic heterocycles. The highest BCUT2D eigenvalue weighted by Crippen LogP contribution is 2.67. The van der Waals surface area contributed by atoms with Gasteiger partial charge in [-0.1, -0.05) is 19.9 Å². The average molecular weight is 453 g/mol. The largest absolute Gasteiger partial charge is 0.466 e. The molecule has 2 amide bonds. The number of rotatable bonds is 9. The van der Waals surface area contributed by atoms with Crippen molar-refractivity contribution in [3.05, 3.63) is 12.7 Å². The Morgan fingerprint density at radius 1 is 1.39 bits per heavy atom. The molecule has 3 aliphatic rings. The third-order valence-electron chi connectivity index (χ3n) is 7.08. The molecule has 2 unspecified atom stereocenters. The lowest BCUT2D eigenvalue weighted by Gasteiger charge is -2.41. The van der Waals surface area contributed by atoms with Gasteiger partial charge in [0.25, 0.3) is 0 Å². The Morgan fingerprint density at radius 3 is 2.58 bits per heavy atom. The molecule has 31 heavy (non-hydrogen) atoms. The SMILES string of the molecule is C=CCN(C(=O)C1N([C@@H](CO)C(C)C)C(=O)[C@@H]2[C@H](C(=O)OCC)[C@@H]3CCC12S3)C(C)C. The third-order valence-corrected chi connectivity index (χ3v) is 9.03. The topological polar surface area (TPSA) is 87.2 Å². The van der Waals surface area contributed by atoms with Crippen LogP contribution in [0.2, 0.25) is 0 Å². The summed E-state index contributed by atoms with van der Waals surface area (Å²) in [6.07, 6.45) is 3.18. The average Bonchev–Trinajstić information content (AvgIpc) is 3.34. The fourth-order valence-corrected chi connectivity index (χ4v) is 7.89. The Hall–Kier alpha value is -1.54. The fourth-order valence-electron chi connectivity index (χ4n) is 5.71. The number of thioether (sulfide) groups is 1. The number of likely N-dealkylation sites (tertiary alicyclic amines) is 1. The number of ether oxygens (including phenoxy) is 1. The van der Waals surface area contributed by atoms with Crippen molar-refractivity contribution in [3.63, 3.8) is 0 Å². The highest BCUT2D eigenvalue weighted by molar-refractivity contribution is 8.02. The lowest BCUT2D eigenvalue weighted by atomic mass is 9.71. The maximum absolute atomic E-state index is 14.0. The van der Waals surface area contributed by atoms with Crippen molar-refractivity contribution >= 4 is 29.5 Å². The van der Waals surface area contributed by atoms with E-state index in [1.54, 1.807) is 34.6 Å². The van der Waals surface area contributed by atoms with Gasteiger partial charge in [0.15, 0.2) is 0 Å². The summed E-state index contributed by atoms with van der Waals surface area (Å²) >= 11 is 1.62. The molecule has 6 atom stereocenters. The standard InChI is InChI=1S/C23H36N2O5S/c1-7-11-24(14(5)6)21(28)19-23-10-9-16(31-23)17(22(29)30-8-2)18(23)20(27)25(19)15(12-26)13(3)4/h7,13-19,26H,1,8-12H2,2-6H3/t15-,16-,17+,18-,19?,23?/m0/s1. The molecule has 3 rings (SSSR count). The van der Waals surface area contributed by atoms with Crippen molar-refractivity contribution < 1.29 is 24.2 Å². The minimum atomic E-state index is -0.707. The van der Waals surface area contributed by atoms with Gasteiger partial charge in [-0.05, 0) is 39.5 Å². The monoisotopic (exact) mass is 452 g/mol. The van der Waals surface area contributed by atoms with E-state index < -0.39 is 28.7 Å². The predicted octanol–water partition coefficient (Wildman–Crippen LogP) is 2.08. The molecule has 8 heteroatoms. The van der Waals surface area contributed by atoms with Crippen molar-refractivity contribution in [1.29, 1.82) is 0 Å². The number of hydrogen-bond acceptors (Lipinski definition) is 6. The van der Waals surface area contributed by atoms with Crippen LogP contribution in [0.25, 0.3) is 0 Å². The van der Waals surface area contributed by atoms with Gasteiger partial charge in [0.2, 0.25) is 11.8 Å². The maximum atomic E-state index is 14.0. The second-order valence-electron chi connectivity index (χ2n) is 9.42. The van der Waals surface area contributed by atoms with Crippen LogP contribution in [-0.4, -0.2) is 80.6 Å². The van der Waals surface area contributed by atoms with E-state index in [2.05, 4.69) is 6.58 Å². The molecule has 0 saturated carbocycles. The van der Waals surface area contributed by atoms with E-state index in [0.29, 0.717) is 13.0 Å². The van der Waals surface area contributed by atoms with Crippen molar-refractivity contribution in [1.82, 2.24) is 9.80 Å². The van der Waals surface area contributed by atoms with Crippen LogP contribution in [0.3, 0.4) is 0 Å². The second kappa shape index (κ2) is 9.14. The smallest absolute Gasteiger partial charge is 0.310 e. The van der Waals surface area contributed by atoms with Crippen LogP contribution in [0.1, 0.15) is 47.5 Å². The van der Waals surface area contributed by atoms with Crippen LogP contribution in [0.4, 0.5) is 0 Å². The number of carbonyl (C=O) groups excluding carboxylic acids is 3. The number of aliphatic hydroxyl groups is 1. The summed E-state index contributed by atoms with van der Waals surface area (Å²) in [4.78, 5) is 44.1. The molecule has 174 valence electrons. The van der Waals surface area contributed by atoms with Gasteiger partial charge in [-0.25, -0.2) is 0 Å². The molecule has 3 aliphatic heterocycles. The summed E-state index contributed by atoms with van der Waals surface area (Å²) in [5.74, 6) is -1.82. The zero-order valence-electron chi connectivity index (χ0n) is 19.2. The minimum absolute atomic E-state index is 0.0102. The number of fused-ring (bicyclic) bond motifs is 1. The number of amides is 2. The quantitative estimate of drug-likeness (QED) is 0.426. The molecule has 2 bridgehead atoms. The zero-order valence-corrected chi connectivity index (χ0v) is 20.1. The van der Waals surface area contributed by atoms with E-state index in [-0.39, 0.29) is 48.2 Å². The number of aliphatic hydroxyl groups excluding tert-OH is 1. The number of nitrogens with zero attached hydrogens (tertiary/aromatic N) is 2. The minimum Gasteiger partial charge on any atom is -0.466 e. The van der Waals surface area contributed by atoms with Crippen molar-refractivity contribution in [2.75, 3.05) is 19.8 Å². The van der Waals surface area contributed by atoms with Gasteiger partial charge < -0.3 is 19.6 Å². The summed E-state index contributed by atoms with van der Waals surface area (Å²) in [6, 6.07) is -1.25. The molecule has 3 heterocycles. The molecular weight excluding hydrogens is 416 g/mol. The van der Waals surface area contributed by atoms with Gasteiger partial charge >= 0.3 is 5.97 Å². The summed E-state index contributed by atoms with van der Waals surface area (Å²) in [7, 11) is 0. The van der Waals surface area contributed by atoms with Crippen LogP contribution >= 0.6 is 11.8 Å². The highest BCUT2D eigenvalue weighted by Gasteiger charge is 2.75. The molecule has 0 radical (unpaired) electrons. The van der Waals surface area contributed by atoms with Gasteiger partial charge in [0.05, 0.1) is 35.8 Å². The van der Waals surface area contributed by atoms with Gasteiger partial charge in [0.1, 0.15) is 6.04 Å². The number of esters is 1. The normalized spacial score (nSPS) is 32.5. The number of carbonyl (C=O) groups is 3. The van der Waals surface area contributed by atoms with E-state index in [0.717, 1.165) is 6.42 Å². The van der Waals surface area contributed by atoms with Gasteiger partial charge in [0, 0.05) is 17.8 Å². The Kier molecular flexibility index (Phi) is 7.11. The molecule has 0 aromatic carbocycles. The zero-order chi connectivity index (χ0) is 23.1. The Bertz CT molecular complexity index is 741. The fraction of sp³-hybridized carbons (Fsp3) is 0.783. The van der Waals surface area contributed by atoms with Crippen molar-refractivity contribution in [3.8, 4) is 0 Å². The molecule has 3 saturated heterocycles. The maximum Gasteiger partial charge on any atom is 0.310 e.